The van der Waals surface area contributed by atoms with Gasteiger partial charge in [-0.25, -0.2) is 0 Å². The van der Waals surface area contributed by atoms with Gasteiger partial charge in [0.15, 0.2) is 5.78 Å². The molecule has 0 amide bonds. The summed E-state index contributed by atoms with van der Waals surface area (Å²) in [6, 6.07) is 0.257. The Bertz CT molecular complexity index is 206. The lowest BCUT2D eigenvalue weighted by molar-refractivity contribution is -0.114. The van der Waals surface area contributed by atoms with E-state index in [0.29, 0.717) is 6.42 Å². The highest BCUT2D eigenvalue weighted by Gasteiger charge is 2.11. The van der Waals surface area contributed by atoms with Gasteiger partial charge >= 0.3 is 0 Å². The first-order valence-electron chi connectivity index (χ1n) is 3.85. The summed E-state index contributed by atoms with van der Waals surface area (Å²) in [5, 5.41) is 3.18. The zero-order valence-electron chi connectivity index (χ0n) is 6.76. The molecule has 0 saturated heterocycles. The van der Waals surface area contributed by atoms with Gasteiger partial charge in [-0.3, -0.25) is 4.79 Å². The molecular weight excluding hydrogens is 138 g/mol. The molecule has 0 radical (unpaired) electrons. The summed E-state index contributed by atoms with van der Waals surface area (Å²) in [6.45, 7) is 5.66. The van der Waals surface area contributed by atoms with E-state index in [1.54, 1.807) is 6.08 Å². The highest BCUT2D eigenvalue weighted by molar-refractivity contribution is 5.92. The van der Waals surface area contributed by atoms with E-state index < -0.39 is 0 Å². The zero-order chi connectivity index (χ0) is 8.27. The van der Waals surface area contributed by atoms with Crippen LogP contribution in [0.1, 0.15) is 19.8 Å². The molecule has 60 valence electrons. The van der Waals surface area contributed by atoms with Crippen LogP contribution in [0.3, 0.4) is 0 Å². The van der Waals surface area contributed by atoms with E-state index >= 15 is 0 Å². The van der Waals surface area contributed by atoms with Crippen molar-refractivity contribution in [3.8, 4) is 0 Å². The molecule has 0 aliphatic heterocycles. The van der Waals surface area contributed by atoms with Crippen molar-refractivity contribution in [2.45, 2.75) is 25.8 Å². The average Bonchev–Trinajstić information content (AvgIpc) is 2.35. The van der Waals surface area contributed by atoms with Gasteiger partial charge in [0, 0.05) is 24.2 Å². The summed E-state index contributed by atoms with van der Waals surface area (Å²) >= 11 is 0. The summed E-state index contributed by atoms with van der Waals surface area (Å²) in [6.07, 6.45) is 5.02. The average molecular weight is 151 g/mol. The van der Waals surface area contributed by atoms with Crippen LogP contribution >= 0.6 is 0 Å². The van der Waals surface area contributed by atoms with Crippen LogP contribution in [0, 0.1) is 0 Å². The van der Waals surface area contributed by atoms with Crippen molar-refractivity contribution in [2.75, 3.05) is 0 Å². The fraction of sp³-hybridized carbons (Fsp3) is 0.444. The predicted octanol–water partition coefficient (Wildman–Crippen LogP) is 1.40. The second kappa shape index (κ2) is 3.37. The first kappa shape index (κ1) is 8.05. The number of allylic oxidation sites excluding steroid dienone is 2. The monoisotopic (exact) mass is 151 g/mol. The Labute approximate surface area is 67.0 Å². The van der Waals surface area contributed by atoms with E-state index in [1.807, 2.05) is 13.0 Å². The Balaban J connectivity index is 2.44. The lowest BCUT2D eigenvalue weighted by Crippen LogP contribution is -2.21. The number of hydrogen-bond donors (Lipinski definition) is 1. The van der Waals surface area contributed by atoms with E-state index in [2.05, 4.69) is 11.9 Å². The molecule has 1 unspecified atom stereocenters. The molecule has 0 fully saturated rings. The number of nitrogens with one attached hydrogen (secondary N) is 1. The van der Waals surface area contributed by atoms with Gasteiger partial charge in [-0.1, -0.05) is 6.08 Å². The van der Waals surface area contributed by atoms with Gasteiger partial charge < -0.3 is 5.32 Å². The molecule has 0 spiro atoms. The van der Waals surface area contributed by atoms with Gasteiger partial charge in [-0.2, -0.15) is 0 Å². The van der Waals surface area contributed by atoms with Crippen molar-refractivity contribution < 1.29 is 4.79 Å². The van der Waals surface area contributed by atoms with E-state index in [9.17, 15) is 4.79 Å². The smallest absolute Gasteiger partial charge is 0.157 e. The third kappa shape index (κ3) is 2.22. The maximum atomic E-state index is 10.8. The van der Waals surface area contributed by atoms with E-state index in [0.717, 1.165) is 12.1 Å². The SMILES string of the molecule is C=CC(C)NC1=CC(=O)CC1. The number of carbonyl (C=O) groups is 1. The summed E-state index contributed by atoms with van der Waals surface area (Å²) in [5.74, 6) is 0.226. The van der Waals surface area contributed by atoms with Crippen molar-refractivity contribution in [1.82, 2.24) is 5.32 Å². The quantitative estimate of drug-likeness (QED) is 0.618. The molecule has 1 aliphatic carbocycles. The number of hydrogen-bond acceptors (Lipinski definition) is 2. The van der Waals surface area contributed by atoms with E-state index in [-0.39, 0.29) is 11.8 Å². The lowest BCUT2D eigenvalue weighted by atomic mass is 10.3. The maximum Gasteiger partial charge on any atom is 0.157 e. The molecule has 0 aromatic carbocycles. The van der Waals surface area contributed by atoms with Gasteiger partial charge in [0.1, 0.15) is 0 Å². The highest BCUT2D eigenvalue weighted by atomic mass is 16.1. The zero-order valence-corrected chi connectivity index (χ0v) is 6.76. The lowest BCUT2D eigenvalue weighted by Gasteiger charge is -2.10. The van der Waals surface area contributed by atoms with Crippen molar-refractivity contribution in [3.05, 3.63) is 24.4 Å². The molecule has 1 rings (SSSR count). The van der Waals surface area contributed by atoms with Crippen molar-refractivity contribution in [3.63, 3.8) is 0 Å². The molecular formula is C9H13NO. The summed E-state index contributed by atoms with van der Waals surface area (Å²) in [7, 11) is 0. The molecule has 0 aromatic rings. The molecule has 0 heterocycles. The third-order valence-corrected chi connectivity index (χ3v) is 1.74. The topological polar surface area (TPSA) is 29.1 Å². The van der Waals surface area contributed by atoms with Gasteiger partial charge in [-0.15, -0.1) is 6.58 Å². The van der Waals surface area contributed by atoms with Gasteiger partial charge in [0.05, 0.1) is 0 Å². The summed E-state index contributed by atoms with van der Waals surface area (Å²) < 4.78 is 0. The molecule has 1 atom stereocenters. The molecule has 2 heteroatoms. The second-order valence-corrected chi connectivity index (χ2v) is 2.80. The molecule has 1 N–H and O–H groups in total. The number of carbonyl (C=O) groups excluding carboxylic acids is 1. The summed E-state index contributed by atoms with van der Waals surface area (Å²) in [5.41, 5.74) is 1.04. The Morgan fingerprint density at radius 2 is 2.45 bits per heavy atom. The van der Waals surface area contributed by atoms with Crippen molar-refractivity contribution >= 4 is 5.78 Å². The molecule has 1 aliphatic rings. The molecule has 0 saturated carbocycles. The predicted molar refractivity (Wildman–Crippen MR) is 45.1 cm³/mol. The van der Waals surface area contributed by atoms with Crippen LogP contribution in [0.25, 0.3) is 0 Å². The van der Waals surface area contributed by atoms with Crippen molar-refractivity contribution in [1.29, 1.82) is 0 Å². The van der Waals surface area contributed by atoms with Crippen LogP contribution in [0.2, 0.25) is 0 Å². The molecule has 2 nitrogen and oxygen atoms in total. The second-order valence-electron chi connectivity index (χ2n) is 2.80. The van der Waals surface area contributed by atoms with Gasteiger partial charge in [0.25, 0.3) is 0 Å². The Hall–Kier alpha value is -1.05. The third-order valence-electron chi connectivity index (χ3n) is 1.74. The fourth-order valence-electron chi connectivity index (χ4n) is 1.06. The van der Waals surface area contributed by atoms with Crippen LogP contribution in [-0.2, 0) is 4.79 Å². The largest absolute Gasteiger partial charge is 0.382 e. The van der Waals surface area contributed by atoms with Crippen LogP contribution in [-0.4, -0.2) is 11.8 Å². The van der Waals surface area contributed by atoms with E-state index in [4.69, 9.17) is 0 Å². The minimum Gasteiger partial charge on any atom is -0.382 e. The number of ketones is 1. The Kier molecular flexibility index (Phi) is 2.47. The van der Waals surface area contributed by atoms with Crippen LogP contribution in [0.4, 0.5) is 0 Å². The highest BCUT2D eigenvalue weighted by Crippen LogP contribution is 2.12. The fourth-order valence-corrected chi connectivity index (χ4v) is 1.06. The van der Waals surface area contributed by atoms with Crippen LogP contribution < -0.4 is 5.32 Å². The van der Waals surface area contributed by atoms with Crippen LogP contribution in [0.5, 0.6) is 0 Å². The first-order chi connectivity index (χ1) is 5.22. The maximum absolute atomic E-state index is 10.8. The van der Waals surface area contributed by atoms with Gasteiger partial charge in [-0.05, 0) is 13.3 Å². The van der Waals surface area contributed by atoms with E-state index in [1.165, 1.54) is 0 Å². The minimum atomic E-state index is 0.226. The molecule has 0 aromatic heterocycles. The Morgan fingerprint density at radius 3 is 2.91 bits per heavy atom. The Morgan fingerprint density at radius 1 is 1.73 bits per heavy atom. The van der Waals surface area contributed by atoms with Gasteiger partial charge in [0.2, 0.25) is 0 Å². The first-order valence-corrected chi connectivity index (χ1v) is 3.85. The minimum absolute atomic E-state index is 0.226. The standard InChI is InChI=1S/C9H13NO/c1-3-7(2)10-8-4-5-9(11)6-8/h3,6-7,10H,1,4-5H2,2H3. The van der Waals surface area contributed by atoms with Crippen molar-refractivity contribution in [2.24, 2.45) is 0 Å². The summed E-state index contributed by atoms with van der Waals surface area (Å²) in [4.78, 5) is 10.8. The molecule has 0 bridgehead atoms. The molecule has 11 heavy (non-hydrogen) atoms. The number of rotatable bonds is 3. The van der Waals surface area contributed by atoms with Crippen LogP contribution in [0.15, 0.2) is 24.4 Å². The normalized spacial score (nSPS) is 19.4.